The average molecular weight is 428 g/mol. The maximum absolute atomic E-state index is 12.6. The maximum atomic E-state index is 12.6. The lowest BCUT2D eigenvalue weighted by atomic mass is 9.97. The number of imidazole rings is 1. The number of nitrogens with zero attached hydrogens (tertiary/aromatic N) is 3. The van der Waals surface area contributed by atoms with Gasteiger partial charge in [0.2, 0.25) is 0 Å². The van der Waals surface area contributed by atoms with Crippen molar-refractivity contribution in [2.45, 2.75) is 18.8 Å². The van der Waals surface area contributed by atoms with Gasteiger partial charge in [0.25, 0.3) is 5.91 Å². The number of para-hydroxylation sites is 2. The number of carbonyl (C=O) groups excluding carboxylic acids is 1. The standard InChI is InChI=1S/C21H22BrN3O2/c1-24-19-7-3-2-6-18(19)23-21(24)15-5-4-12-25(13-15)20(26)14-27-17-10-8-16(22)9-11-17/h2-3,6-11,15H,4-5,12-14H2,1H3. The van der Waals surface area contributed by atoms with E-state index in [0.29, 0.717) is 12.3 Å². The van der Waals surface area contributed by atoms with Gasteiger partial charge < -0.3 is 14.2 Å². The van der Waals surface area contributed by atoms with Crippen LogP contribution in [0.15, 0.2) is 53.0 Å². The van der Waals surface area contributed by atoms with Crippen LogP contribution in [0.4, 0.5) is 0 Å². The van der Waals surface area contributed by atoms with E-state index in [-0.39, 0.29) is 18.4 Å². The average Bonchev–Trinajstić information content (AvgIpc) is 3.04. The Morgan fingerprint density at radius 2 is 2.00 bits per heavy atom. The SMILES string of the molecule is Cn1c(C2CCCN(C(=O)COc3ccc(Br)cc3)C2)nc2ccccc21. The van der Waals surface area contributed by atoms with Gasteiger partial charge in [0.15, 0.2) is 6.61 Å². The highest BCUT2D eigenvalue weighted by Gasteiger charge is 2.28. The van der Waals surface area contributed by atoms with Gasteiger partial charge in [-0.15, -0.1) is 0 Å². The third kappa shape index (κ3) is 3.86. The van der Waals surface area contributed by atoms with Crippen LogP contribution in [0.5, 0.6) is 5.75 Å². The Balaban J connectivity index is 1.43. The van der Waals surface area contributed by atoms with Gasteiger partial charge in [0, 0.05) is 30.5 Å². The lowest BCUT2D eigenvalue weighted by Crippen LogP contribution is -2.42. The van der Waals surface area contributed by atoms with Crippen molar-refractivity contribution in [1.29, 1.82) is 0 Å². The van der Waals surface area contributed by atoms with Crippen molar-refractivity contribution in [3.05, 3.63) is 58.8 Å². The van der Waals surface area contributed by atoms with Gasteiger partial charge in [-0.2, -0.15) is 0 Å². The zero-order chi connectivity index (χ0) is 18.8. The van der Waals surface area contributed by atoms with E-state index in [0.717, 1.165) is 40.7 Å². The van der Waals surface area contributed by atoms with Crippen molar-refractivity contribution in [3.63, 3.8) is 0 Å². The number of aromatic nitrogens is 2. The first-order valence-corrected chi connectivity index (χ1v) is 9.98. The molecule has 0 aliphatic carbocycles. The van der Waals surface area contributed by atoms with E-state index in [4.69, 9.17) is 9.72 Å². The fourth-order valence-electron chi connectivity index (χ4n) is 3.71. The molecule has 1 amide bonds. The Bertz CT molecular complexity index is 952. The van der Waals surface area contributed by atoms with Crippen molar-refractivity contribution in [2.24, 2.45) is 7.05 Å². The molecule has 1 atom stereocenters. The summed E-state index contributed by atoms with van der Waals surface area (Å²) in [7, 11) is 2.06. The summed E-state index contributed by atoms with van der Waals surface area (Å²) in [4.78, 5) is 19.4. The van der Waals surface area contributed by atoms with Crippen LogP contribution in [0.3, 0.4) is 0 Å². The smallest absolute Gasteiger partial charge is 0.260 e. The lowest BCUT2D eigenvalue weighted by Gasteiger charge is -2.32. The zero-order valence-corrected chi connectivity index (χ0v) is 16.9. The largest absolute Gasteiger partial charge is 0.484 e. The number of ether oxygens (including phenoxy) is 1. The van der Waals surface area contributed by atoms with Crippen molar-refractivity contribution >= 4 is 32.9 Å². The van der Waals surface area contributed by atoms with Crippen LogP contribution < -0.4 is 4.74 Å². The molecule has 0 saturated carbocycles. The van der Waals surface area contributed by atoms with Crippen LogP contribution in [0, 0.1) is 0 Å². The summed E-state index contributed by atoms with van der Waals surface area (Å²) >= 11 is 3.40. The number of likely N-dealkylation sites (tertiary alicyclic amines) is 1. The van der Waals surface area contributed by atoms with Crippen molar-refractivity contribution < 1.29 is 9.53 Å². The number of fused-ring (bicyclic) bond motifs is 1. The van der Waals surface area contributed by atoms with Gasteiger partial charge in [-0.3, -0.25) is 4.79 Å². The molecule has 0 N–H and O–H groups in total. The molecule has 1 unspecified atom stereocenters. The summed E-state index contributed by atoms with van der Waals surface area (Å²) < 4.78 is 8.80. The number of piperidine rings is 1. The Morgan fingerprint density at radius 3 is 2.78 bits per heavy atom. The van der Waals surface area contributed by atoms with E-state index >= 15 is 0 Å². The Kier molecular flexibility index (Phi) is 5.16. The first-order chi connectivity index (χ1) is 13.1. The maximum Gasteiger partial charge on any atom is 0.260 e. The minimum Gasteiger partial charge on any atom is -0.484 e. The first-order valence-electron chi connectivity index (χ1n) is 9.19. The van der Waals surface area contributed by atoms with Crippen LogP contribution in [0.25, 0.3) is 11.0 Å². The number of carbonyl (C=O) groups is 1. The second-order valence-electron chi connectivity index (χ2n) is 6.94. The molecule has 2 aromatic carbocycles. The number of aryl methyl sites for hydroxylation is 1. The van der Waals surface area contributed by atoms with Crippen molar-refractivity contribution in [2.75, 3.05) is 19.7 Å². The van der Waals surface area contributed by atoms with E-state index in [1.54, 1.807) is 0 Å². The number of hydrogen-bond acceptors (Lipinski definition) is 3. The molecule has 3 aromatic rings. The first kappa shape index (κ1) is 18.0. The van der Waals surface area contributed by atoms with Gasteiger partial charge in [0.05, 0.1) is 11.0 Å². The predicted molar refractivity (Wildman–Crippen MR) is 109 cm³/mol. The van der Waals surface area contributed by atoms with Crippen LogP contribution >= 0.6 is 15.9 Å². The minimum absolute atomic E-state index is 0.0291. The minimum atomic E-state index is 0.0291. The van der Waals surface area contributed by atoms with Crippen molar-refractivity contribution in [3.8, 4) is 5.75 Å². The summed E-state index contributed by atoms with van der Waals surface area (Å²) in [6.07, 6.45) is 2.03. The molecule has 1 fully saturated rings. The summed E-state index contributed by atoms with van der Waals surface area (Å²) in [5.41, 5.74) is 2.14. The number of hydrogen-bond donors (Lipinski definition) is 0. The molecule has 0 bridgehead atoms. The fraction of sp³-hybridized carbons (Fsp3) is 0.333. The third-order valence-corrected chi connectivity index (χ3v) is 5.67. The Labute approximate surface area is 167 Å². The molecule has 2 heterocycles. The second kappa shape index (κ2) is 7.72. The van der Waals surface area contributed by atoms with Gasteiger partial charge in [-0.1, -0.05) is 28.1 Å². The van der Waals surface area contributed by atoms with Gasteiger partial charge in [0.1, 0.15) is 11.6 Å². The zero-order valence-electron chi connectivity index (χ0n) is 15.3. The number of benzene rings is 2. The molecule has 1 saturated heterocycles. The molecule has 6 heteroatoms. The van der Waals surface area contributed by atoms with E-state index in [1.165, 1.54) is 0 Å². The molecule has 4 rings (SSSR count). The van der Waals surface area contributed by atoms with E-state index in [1.807, 2.05) is 47.4 Å². The highest BCUT2D eigenvalue weighted by Crippen LogP contribution is 2.28. The number of amides is 1. The van der Waals surface area contributed by atoms with E-state index in [2.05, 4.69) is 33.6 Å². The number of rotatable bonds is 4. The van der Waals surface area contributed by atoms with Crippen LogP contribution in [-0.4, -0.2) is 40.1 Å². The molecule has 1 aromatic heterocycles. The van der Waals surface area contributed by atoms with E-state index < -0.39 is 0 Å². The molecular formula is C21H22BrN3O2. The van der Waals surface area contributed by atoms with E-state index in [9.17, 15) is 4.79 Å². The summed E-state index contributed by atoms with van der Waals surface area (Å²) in [6, 6.07) is 15.7. The van der Waals surface area contributed by atoms with Crippen LogP contribution in [0.2, 0.25) is 0 Å². The topological polar surface area (TPSA) is 47.4 Å². The molecule has 27 heavy (non-hydrogen) atoms. The summed E-state index contributed by atoms with van der Waals surface area (Å²) in [6.45, 7) is 1.54. The quantitative estimate of drug-likeness (QED) is 0.628. The molecule has 1 aliphatic rings. The third-order valence-electron chi connectivity index (χ3n) is 5.14. The molecular weight excluding hydrogens is 406 g/mol. The normalized spacial score (nSPS) is 17.3. The molecule has 140 valence electrons. The summed E-state index contributed by atoms with van der Waals surface area (Å²) in [5.74, 6) is 2.05. The van der Waals surface area contributed by atoms with Gasteiger partial charge in [-0.05, 0) is 49.2 Å². The molecule has 1 aliphatic heterocycles. The van der Waals surface area contributed by atoms with Crippen LogP contribution in [-0.2, 0) is 11.8 Å². The second-order valence-corrected chi connectivity index (χ2v) is 7.85. The molecule has 5 nitrogen and oxygen atoms in total. The monoisotopic (exact) mass is 427 g/mol. The predicted octanol–water partition coefficient (Wildman–Crippen LogP) is 4.12. The van der Waals surface area contributed by atoms with Crippen molar-refractivity contribution in [1.82, 2.24) is 14.5 Å². The lowest BCUT2D eigenvalue weighted by molar-refractivity contribution is -0.134. The van der Waals surface area contributed by atoms with Gasteiger partial charge >= 0.3 is 0 Å². The van der Waals surface area contributed by atoms with Crippen LogP contribution in [0.1, 0.15) is 24.6 Å². The highest BCUT2D eigenvalue weighted by atomic mass is 79.9. The molecule has 0 radical (unpaired) electrons. The fourth-order valence-corrected chi connectivity index (χ4v) is 3.98. The Hall–Kier alpha value is -2.34. The molecule has 0 spiro atoms. The van der Waals surface area contributed by atoms with Gasteiger partial charge in [-0.25, -0.2) is 4.98 Å². The number of halogens is 1. The summed E-state index contributed by atoms with van der Waals surface area (Å²) in [5, 5.41) is 0. The Morgan fingerprint density at radius 1 is 1.22 bits per heavy atom. The highest BCUT2D eigenvalue weighted by molar-refractivity contribution is 9.10.